The van der Waals surface area contributed by atoms with Gasteiger partial charge in [-0.25, -0.2) is 4.79 Å². The molecule has 0 fully saturated rings. The highest BCUT2D eigenvalue weighted by Gasteiger charge is 2.02. The lowest BCUT2D eigenvalue weighted by molar-refractivity contribution is 0.0697. The van der Waals surface area contributed by atoms with Crippen molar-refractivity contribution in [3.05, 3.63) is 40.8 Å². The van der Waals surface area contributed by atoms with Gasteiger partial charge >= 0.3 is 5.97 Å². The van der Waals surface area contributed by atoms with Crippen molar-refractivity contribution in [3.63, 3.8) is 0 Å². The van der Waals surface area contributed by atoms with Gasteiger partial charge in [-0.3, -0.25) is 5.10 Å². The Morgan fingerprint density at radius 2 is 2.06 bits per heavy atom. The second-order valence-electron chi connectivity index (χ2n) is 3.18. The lowest BCUT2D eigenvalue weighted by Gasteiger charge is -2.04. The molecule has 0 spiro atoms. The van der Waals surface area contributed by atoms with Crippen LogP contribution in [0.5, 0.6) is 0 Å². The summed E-state index contributed by atoms with van der Waals surface area (Å²) in [7, 11) is 0. The second-order valence-corrected chi connectivity index (χ2v) is 3.57. The molecule has 17 heavy (non-hydrogen) atoms. The first-order chi connectivity index (χ1) is 8.15. The molecule has 1 aromatic carbocycles. The Bertz CT molecular complexity index is 594. The highest BCUT2D eigenvalue weighted by molar-refractivity contribution is 7.71. The Balaban J connectivity index is 2.19. The van der Waals surface area contributed by atoms with Gasteiger partial charge in [-0.15, -0.1) is 0 Å². The summed E-state index contributed by atoms with van der Waals surface area (Å²) in [5, 5.41) is 18.0. The third kappa shape index (κ3) is 2.85. The predicted octanol–water partition coefficient (Wildman–Crippen LogP) is 1.98. The van der Waals surface area contributed by atoms with Crippen LogP contribution in [0.2, 0.25) is 0 Å². The van der Waals surface area contributed by atoms with Gasteiger partial charge in [0.1, 0.15) is 0 Å². The zero-order chi connectivity index (χ0) is 12.3. The van der Waals surface area contributed by atoms with Crippen molar-refractivity contribution in [3.8, 4) is 0 Å². The topological polar surface area (TPSA) is 90.9 Å². The number of aromatic amines is 1. The van der Waals surface area contributed by atoms with E-state index in [1.165, 1.54) is 18.3 Å². The van der Waals surface area contributed by atoms with Crippen molar-refractivity contribution in [1.29, 1.82) is 0 Å². The van der Waals surface area contributed by atoms with Gasteiger partial charge in [0.15, 0.2) is 5.82 Å². The third-order valence-electron chi connectivity index (χ3n) is 1.97. The molecule has 1 aromatic heterocycles. The molecule has 0 unspecified atom stereocenters. The maximum Gasteiger partial charge on any atom is 0.335 e. The molecule has 2 rings (SSSR count). The van der Waals surface area contributed by atoms with E-state index in [-0.39, 0.29) is 10.3 Å². The molecule has 6 nitrogen and oxygen atoms in total. The molecule has 0 aliphatic carbocycles. The molecule has 0 saturated carbocycles. The van der Waals surface area contributed by atoms with E-state index in [0.717, 1.165) is 0 Å². The van der Waals surface area contributed by atoms with E-state index in [1.54, 1.807) is 12.1 Å². The van der Waals surface area contributed by atoms with E-state index >= 15 is 0 Å². The molecule has 0 saturated heterocycles. The molecule has 2 aromatic rings. The second kappa shape index (κ2) is 4.71. The first kappa shape index (κ1) is 11.2. The lowest BCUT2D eigenvalue weighted by atomic mass is 10.2. The number of aromatic nitrogens is 3. The molecule has 7 heteroatoms. The van der Waals surface area contributed by atoms with Crippen LogP contribution in [0.15, 0.2) is 30.5 Å². The number of rotatable bonds is 3. The van der Waals surface area contributed by atoms with E-state index in [4.69, 9.17) is 17.3 Å². The zero-order valence-corrected chi connectivity index (χ0v) is 9.36. The van der Waals surface area contributed by atoms with Crippen molar-refractivity contribution < 1.29 is 9.90 Å². The number of nitrogens with zero attached hydrogens (tertiary/aromatic N) is 2. The number of nitrogens with one attached hydrogen (secondary N) is 2. The van der Waals surface area contributed by atoms with Crippen LogP contribution in [-0.4, -0.2) is 26.3 Å². The Kier molecular flexibility index (Phi) is 3.10. The minimum atomic E-state index is -0.960. The summed E-state index contributed by atoms with van der Waals surface area (Å²) in [4.78, 5) is 14.6. The van der Waals surface area contributed by atoms with Gasteiger partial charge in [0, 0.05) is 5.69 Å². The minimum Gasteiger partial charge on any atom is -0.478 e. The number of H-pyrrole nitrogens is 1. The van der Waals surface area contributed by atoms with Crippen molar-refractivity contribution in [2.75, 3.05) is 5.32 Å². The normalized spacial score (nSPS) is 9.88. The fraction of sp³-hybridized carbons (Fsp3) is 0. The van der Waals surface area contributed by atoms with E-state index in [0.29, 0.717) is 11.5 Å². The SMILES string of the molecule is O=C(O)c1ccc(Nc2cn[nH]c(=S)n2)cc1. The number of aromatic carboxylic acids is 1. The van der Waals surface area contributed by atoms with Crippen molar-refractivity contribution in [1.82, 2.24) is 15.2 Å². The highest BCUT2D eigenvalue weighted by Crippen LogP contribution is 2.14. The molecule has 0 aliphatic heterocycles. The molecule has 1 heterocycles. The van der Waals surface area contributed by atoms with Crippen molar-refractivity contribution in [2.24, 2.45) is 0 Å². The summed E-state index contributed by atoms with van der Waals surface area (Å²) in [6.07, 6.45) is 1.49. The zero-order valence-electron chi connectivity index (χ0n) is 8.54. The largest absolute Gasteiger partial charge is 0.478 e. The molecular formula is C10H8N4O2S. The highest BCUT2D eigenvalue weighted by atomic mass is 32.1. The predicted molar refractivity (Wildman–Crippen MR) is 63.9 cm³/mol. The Hall–Kier alpha value is -2.28. The van der Waals surface area contributed by atoms with Crippen LogP contribution in [0.4, 0.5) is 11.5 Å². The number of benzene rings is 1. The molecule has 86 valence electrons. The first-order valence-electron chi connectivity index (χ1n) is 4.67. The summed E-state index contributed by atoms with van der Waals surface area (Å²) in [6, 6.07) is 6.29. The van der Waals surface area contributed by atoms with Crippen LogP contribution >= 0.6 is 12.2 Å². The van der Waals surface area contributed by atoms with Crippen molar-refractivity contribution in [2.45, 2.75) is 0 Å². The molecule has 0 amide bonds. The molecule has 0 bridgehead atoms. The van der Waals surface area contributed by atoms with Gasteiger partial charge in [0.2, 0.25) is 4.77 Å². The quantitative estimate of drug-likeness (QED) is 0.719. The average molecular weight is 248 g/mol. The summed E-state index contributed by atoms with van der Waals surface area (Å²) >= 11 is 4.82. The molecule has 0 aliphatic rings. The molecule has 0 atom stereocenters. The lowest BCUT2D eigenvalue weighted by Crippen LogP contribution is -1.98. The van der Waals surface area contributed by atoms with Crippen molar-refractivity contribution >= 4 is 29.7 Å². The molecular weight excluding hydrogens is 240 g/mol. The van der Waals surface area contributed by atoms with Gasteiger partial charge < -0.3 is 10.4 Å². The Labute approximate surface area is 101 Å². The molecule has 0 radical (unpaired) electrons. The Morgan fingerprint density at radius 3 is 2.65 bits per heavy atom. The fourth-order valence-corrected chi connectivity index (χ4v) is 1.37. The van der Waals surface area contributed by atoms with E-state index in [2.05, 4.69) is 20.5 Å². The van der Waals surface area contributed by atoms with Crippen LogP contribution in [0.3, 0.4) is 0 Å². The van der Waals surface area contributed by atoms with Gasteiger partial charge in [0.25, 0.3) is 0 Å². The summed E-state index contributed by atoms with van der Waals surface area (Å²) in [5.74, 6) is -0.463. The van der Waals surface area contributed by atoms with Crippen LogP contribution in [0, 0.1) is 4.77 Å². The van der Waals surface area contributed by atoms with E-state index in [9.17, 15) is 4.79 Å². The van der Waals surface area contributed by atoms with E-state index in [1.807, 2.05) is 0 Å². The number of anilines is 2. The number of carboxylic acid groups (broad SMARTS) is 1. The maximum absolute atomic E-state index is 10.7. The van der Waals surface area contributed by atoms with Crippen LogP contribution < -0.4 is 5.32 Å². The summed E-state index contributed by atoms with van der Waals surface area (Å²) in [5.41, 5.74) is 0.942. The minimum absolute atomic E-state index is 0.229. The van der Waals surface area contributed by atoms with Crippen LogP contribution in [0.25, 0.3) is 0 Å². The van der Waals surface area contributed by atoms with Crippen LogP contribution in [0.1, 0.15) is 10.4 Å². The number of carbonyl (C=O) groups is 1. The van der Waals surface area contributed by atoms with Gasteiger partial charge in [0.05, 0.1) is 11.8 Å². The number of carboxylic acids is 1. The smallest absolute Gasteiger partial charge is 0.335 e. The standard InChI is InChI=1S/C10H8N4O2S/c15-9(16)6-1-3-7(4-2-6)12-8-5-11-14-10(17)13-8/h1-5H,(H,15,16)(H2,12,13,14,17). The van der Waals surface area contributed by atoms with E-state index < -0.39 is 5.97 Å². The third-order valence-corrected chi connectivity index (χ3v) is 2.16. The summed E-state index contributed by atoms with van der Waals surface area (Å²) in [6.45, 7) is 0. The Morgan fingerprint density at radius 1 is 1.35 bits per heavy atom. The number of hydrogen-bond acceptors (Lipinski definition) is 5. The number of hydrogen-bond donors (Lipinski definition) is 3. The average Bonchev–Trinajstić information content (AvgIpc) is 2.29. The van der Waals surface area contributed by atoms with Gasteiger partial charge in [-0.05, 0) is 36.5 Å². The maximum atomic E-state index is 10.7. The van der Waals surface area contributed by atoms with Gasteiger partial charge in [-0.2, -0.15) is 10.1 Å². The van der Waals surface area contributed by atoms with Crippen LogP contribution in [-0.2, 0) is 0 Å². The summed E-state index contributed by atoms with van der Waals surface area (Å²) < 4.78 is 0.275. The fourth-order valence-electron chi connectivity index (χ4n) is 1.22. The molecule has 3 N–H and O–H groups in total. The van der Waals surface area contributed by atoms with Gasteiger partial charge in [-0.1, -0.05) is 0 Å². The first-order valence-corrected chi connectivity index (χ1v) is 5.08. The monoisotopic (exact) mass is 248 g/mol.